The van der Waals surface area contributed by atoms with Crippen molar-refractivity contribution in [2.45, 2.75) is 44.3 Å². The van der Waals surface area contributed by atoms with Crippen LogP contribution in [0.15, 0.2) is 35.9 Å². The molecule has 24 heavy (non-hydrogen) atoms. The number of nitrogens with one attached hydrogen (secondary N) is 5. The van der Waals surface area contributed by atoms with Gasteiger partial charge in [-0.15, -0.1) is 0 Å². The summed E-state index contributed by atoms with van der Waals surface area (Å²) in [5, 5.41) is 5.94. The van der Waals surface area contributed by atoms with Crippen molar-refractivity contribution in [3.63, 3.8) is 0 Å². The number of hydrogen-bond acceptors (Lipinski definition) is 5. The van der Waals surface area contributed by atoms with Crippen LogP contribution in [-0.2, 0) is 4.79 Å². The molecule has 2 unspecified atom stereocenters. The molecule has 1 aromatic rings. The molecule has 1 heterocycles. The lowest BCUT2D eigenvalue weighted by molar-refractivity contribution is -0.123. The lowest BCUT2D eigenvalue weighted by Gasteiger charge is -2.20. The van der Waals surface area contributed by atoms with Gasteiger partial charge in [-0.1, -0.05) is 23.8 Å². The molecular formula is C17H24FN5O. The maximum atomic E-state index is 13.7. The second-order valence-corrected chi connectivity index (χ2v) is 6.14. The highest BCUT2D eigenvalue weighted by Crippen LogP contribution is 2.19. The van der Waals surface area contributed by atoms with E-state index in [1.165, 1.54) is 24.5 Å². The van der Waals surface area contributed by atoms with Crippen LogP contribution in [0.1, 0.15) is 32.1 Å². The van der Waals surface area contributed by atoms with Gasteiger partial charge in [0, 0.05) is 6.54 Å². The maximum absolute atomic E-state index is 13.7. The summed E-state index contributed by atoms with van der Waals surface area (Å²) in [6.45, 7) is 0.620. The number of allylic oxidation sites excluding steroid dienone is 1. The Labute approximate surface area is 141 Å². The van der Waals surface area contributed by atoms with Crippen LogP contribution in [-0.4, -0.2) is 24.7 Å². The third-order valence-electron chi connectivity index (χ3n) is 4.39. The Morgan fingerprint density at radius 3 is 2.92 bits per heavy atom. The molecule has 0 bridgehead atoms. The first-order chi connectivity index (χ1) is 11.7. The third-order valence-corrected chi connectivity index (χ3v) is 4.39. The Hall–Kier alpha value is -1.96. The van der Waals surface area contributed by atoms with Gasteiger partial charge in [-0.3, -0.25) is 4.79 Å². The molecule has 1 amide bonds. The summed E-state index contributed by atoms with van der Waals surface area (Å²) in [5.74, 6) is -0.479. The van der Waals surface area contributed by atoms with Gasteiger partial charge < -0.3 is 10.6 Å². The molecule has 6 nitrogen and oxygen atoms in total. The Bertz CT molecular complexity index is 606. The van der Waals surface area contributed by atoms with Crippen molar-refractivity contribution in [2.75, 3.05) is 11.9 Å². The van der Waals surface area contributed by atoms with Gasteiger partial charge in [0.25, 0.3) is 0 Å². The van der Waals surface area contributed by atoms with Gasteiger partial charge >= 0.3 is 0 Å². The Balaban J connectivity index is 1.50. The molecule has 0 saturated carbocycles. The second-order valence-electron chi connectivity index (χ2n) is 6.14. The van der Waals surface area contributed by atoms with Gasteiger partial charge in [0.15, 0.2) is 0 Å². The maximum Gasteiger partial charge on any atom is 0.242 e. The smallest absolute Gasteiger partial charge is 0.242 e. The van der Waals surface area contributed by atoms with Crippen molar-refractivity contribution in [1.82, 2.24) is 21.7 Å². The van der Waals surface area contributed by atoms with Gasteiger partial charge in [-0.05, 0) is 44.2 Å². The minimum absolute atomic E-state index is 0.127. The van der Waals surface area contributed by atoms with Gasteiger partial charge in [-0.2, -0.15) is 5.53 Å². The summed E-state index contributed by atoms with van der Waals surface area (Å²) < 4.78 is 13.7. The number of carbonyl (C=O) groups excluding carboxylic acids is 1. The highest BCUT2D eigenvalue weighted by atomic mass is 19.1. The molecule has 0 spiro atoms. The molecule has 0 aromatic heterocycles. The van der Waals surface area contributed by atoms with E-state index in [-0.39, 0.29) is 11.7 Å². The number of rotatable bonds is 6. The summed E-state index contributed by atoms with van der Waals surface area (Å²) >= 11 is 0. The van der Waals surface area contributed by atoms with E-state index < -0.39 is 12.2 Å². The van der Waals surface area contributed by atoms with E-state index in [0.29, 0.717) is 12.2 Å². The lowest BCUT2D eigenvalue weighted by Crippen LogP contribution is -2.50. The molecule has 1 saturated heterocycles. The SMILES string of the molecule is O=C(NCCC1=CCCCC1)C1NNNC1Nc1ccccc1F. The molecule has 1 fully saturated rings. The number of hydrazine groups is 2. The largest absolute Gasteiger partial charge is 0.365 e. The average Bonchev–Trinajstić information content (AvgIpc) is 3.06. The van der Waals surface area contributed by atoms with Gasteiger partial charge in [0.1, 0.15) is 18.0 Å². The van der Waals surface area contributed by atoms with Crippen LogP contribution in [0.4, 0.5) is 10.1 Å². The second kappa shape index (κ2) is 8.23. The molecule has 1 aliphatic carbocycles. The molecule has 3 rings (SSSR count). The zero-order valence-corrected chi connectivity index (χ0v) is 13.6. The number of anilines is 1. The third kappa shape index (κ3) is 4.31. The normalized spacial score (nSPS) is 23.6. The first-order valence-corrected chi connectivity index (χ1v) is 8.47. The summed E-state index contributed by atoms with van der Waals surface area (Å²) in [5.41, 5.74) is 10.3. The van der Waals surface area contributed by atoms with E-state index in [9.17, 15) is 9.18 Å². The Morgan fingerprint density at radius 2 is 2.12 bits per heavy atom. The first-order valence-electron chi connectivity index (χ1n) is 8.47. The minimum atomic E-state index is -0.537. The van der Waals surface area contributed by atoms with E-state index in [1.807, 2.05) is 0 Å². The average molecular weight is 333 g/mol. The molecule has 0 radical (unpaired) electrons. The zero-order chi connectivity index (χ0) is 16.8. The van der Waals surface area contributed by atoms with Gasteiger partial charge in [0.05, 0.1) is 5.69 Å². The highest BCUT2D eigenvalue weighted by molar-refractivity contribution is 5.83. The van der Waals surface area contributed by atoms with Crippen molar-refractivity contribution in [3.8, 4) is 0 Å². The standard InChI is InChI=1S/C17H24FN5O/c18-13-8-4-5-9-14(13)20-16-15(21-23-22-16)17(24)19-11-10-12-6-2-1-3-7-12/h4-6,8-9,15-16,20-23H,1-3,7,10-11H2,(H,19,24). The van der Waals surface area contributed by atoms with Crippen LogP contribution in [0.2, 0.25) is 0 Å². The van der Waals surface area contributed by atoms with Crippen LogP contribution < -0.4 is 27.0 Å². The van der Waals surface area contributed by atoms with Crippen molar-refractivity contribution in [3.05, 3.63) is 41.7 Å². The number of carbonyl (C=O) groups is 1. The minimum Gasteiger partial charge on any atom is -0.365 e. The predicted octanol–water partition coefficient (Wildman–Crippen LogP) is 1.55. The topological polar surface area (TPSA) is 77.2 Å². The monoisotopic (exact) mass is 333 g/mol. The number of benzene rings is 1. The van der Waals surface area contributed by atoms with Gasteiger partial charge in [0.2, 0.25) is 5.91 Å². The number of halogens is 1. The summed E-state index contributed by atoms with van der Waals surface area (Å²) in [6, 6.07) is 5.85. The summed E-state index contributed by atoms with van der Waals surface area (Å²) in [7, 11) is 0. The zero-order valence-electron chi connectivity index (χ0n) is 13.6. The van der Waals surface area contributed by atoms with Crippen LogP contribution in [0.5, 0.6) is 0 Å². The van der Waals surface area contributed by atoms with E-state index in [4.69, 9.17) is 0 Å². The van der Waals surface area contributed by atoms with Crippen LogP contribution >= 0.6 is 0 Å². The summed E-state index contributed by atoms with van der Waals surface area (Å²) in [6.07, 6.45) is 7.53. The van der Waals surface area contributed by atoms with Crippen molar-refractivity contribution in [2.24, 2.45) is 0 Å². The van der Waals surface area contributed by atoms with Gasteiger partial charge in [-0.25, -0.2) is 15.2 Å². The molecular weight excluding hydrogens is 309 g/mol. The summed E-state index contributed by atoms with van der Waals surface area (Å²) in [4.78, 5) is 12.4. The fourth-order valence-electron chi connectivity index (χ4n) is 3.03. The Morgan fingerprint density at radius 1 is 1.25 bits per heavy atom. The van der Waals surface area contributed by atoms with Crippen LogP contribution in [0.3, 0.4) is 0 Å². The molecule has 2 aliphatic rings. The molecule has 2 atom stereocenters. The molecule has 5 N–H and O–H groups in total. The number of para-hydroxylation sites is 1. The van der Waals surface area contributed by atoms with Crippen LogP contribution in [0.25, 0.3) is 0 Å². The lowest BCUT2D eigenvalue weighted by atomic mass is 9.97. The number of hydrogen-bond donors (Lipinski definition) is 5. The predicted molar refractivity (Wildman–Crippen MR) is 91.2 cm³/mol. The van der Waals surface area contributed by atoms with E-state index in [2.05, 4.69) is 33.1 Å². The number of amides is 1. The van der Waals surface area contributed by atoms with Crippen LogP contribution in [0, 0.1) is 5.82 Å². The van der Waals surface area contributed by atoms with E-state index in [1.54, 1.807) is 18.2 Å². The molecule has 1 aromatic carbocycles. The van der Waals surface area contributed by atoms with Crippen molar-refractivity contribution >= 4 is 11.6 Å². The quantitative estimate of drug-likeness (QED) is 0.511. The van der Waals surface area contributed by atoms with Crippen molar-refractivity contribution < 1.29 is 9.18 Å². The van der Waals surface area contributed by atoms with E-state index >= 15 is 0 Å². The molecule has 7 heteroatoms. The molecule has 1 aliphatic heterocycles. The first kappa shape index (κ1) is 16.9. The van der Waals surface area contributed by atoms with Crippen molar-refractivity contribution in [1.29, 1.82) is 0 Å². The Kier molecular flexibility index (Phi) is 5.79. The molecule has 130 valence electrons. The fraction of sp³-hybridized carbons (Fsp3) is 0.471. The van der Waals surface area contributed by atoms with E-state index in [0.717, 1.165) is 19.3 Å². The highest BCUT2D eigenvalue weighted by Gasteiger charge is 2.32. The fourth-order valence-corrected chi connectivity index (χ4v) is 3.03.